The van der Waals surface area contributed by atoms with E-state index in [1.165, 1.54) is 12.1 Å². The van der Waals surface area contributed by atoms with Crippen LogP contribution in [-0.2, 0) is 19.8 Å². The lowest BCUT2D eigenvalue weighted by atomic mass is 9.98. The fraction of sp³-hybridized carbons (Fsp3) is 0.0857. The molecule has 0 spiro atoms. The van der Waals surface area contributed by atoms with Crippen molar-refractivity contribution in [3.05, 3.63) is 161 Å². The average Bonchev–Trinajstić information content (AvgIpc) is 3.02. The van der Waals surface area contributed by atoms with Gasteiger partial charge in [-0.15, -0.1) is 0 Å². The highest BCUT2D eigenvalue weighted by Gasteiger charge is 2.26. The molecule has 0 bridgehead atoms. The maximum Gasteiger partial charge on any atom is 0.335 e. The number of hydrogen-bond donors (Lipinski definition) is 1. The Kier molecular flexibility index (Phi) is 8.72. The second-order valence-corrected chi connectivity index (χ2v) is 9.30. The zero-order chi connectivity index (χ0) is 28.4. The molecule has 1 N–H and O–H groups in total. The van der Waals surface area contributed by atoms with E-state index < -0.39 is 11.8 Å². The average molecular weight is 545 g/mol. The van der Waals surface area contributed by atoms with Crippen LogP contribution < -0.4 is 14.2 Å². The van der Waals surface area contributed by atoms with Crippen LogP contribution in [0.1, 0.15) is 43.0 Å². The molecule has 204 valence electrons. The summed E-state index contributed by atoms with van der Waals surface area (Å²) in [7, 11) is 0. The highest BCUT2D eigenvalue weighted by Crippen LogP contribution is 2.36. The molecular weight excluding hydrogens is 516 g/mol. The van der Waals surface area contributed by atoms with Crippen LogP contribution >= 0.6 is 0 Å². The Bertz CT molecular complexity index is 1550. The molecule has 0 saturated carbocycles. The predicted octanol–water partition coefficient (Wildman–Crippen LogP) is 7.35. The Hall–Kier alpha value is -5.36. The van der Waals surface area contributed by atoms with E-state index in [0.29, 0.717) is 11.3 Å². The van der Waals surface area contributed by atoms with E-state index in [0.717, 1.165) is 16.7 Å². The highest BCUT2D eigenvalue weighted by atomic mass is 16.5. The Morgan fingerprint density at radius 2 is 0.902 bits per heavy atom. The molecule has 0 heterocycles. The number of carboxylic acids is 1. The Morgan fingerprint density at radius 1 is 0.512 bits per heavy atom. The molecule has 0 fully saturated rings. The number of ether oxygens (including phenoxy) is 3. The minimum atomic E-state index is -1.16. The number of ketones is 1. The summed E-state index contributed by atoms with van der Waals surface area (Å²) in [5, 5.41) is 9.86. The van der Waals surface area contributed by atoms with Crippen molar-refractivity contribution in [1.82, 2.24) is 0 Å². The van der Waals surface area contributed by atoms with Gasteiger partial charge in [0.1, 0.15) is 42.6 Å². The summed E-state index contributed by atoms with van der Waals surface area (Å²) in [5.41, 5.74) is 3.06. The van der Waals surface area contributed by atoms with Gasteiger partial charge < -0.3 is 19.3 Å². The fourth-order valence-corrected chi connectivity index (χ4v) is 4.29. The molecule has 0 aliphatic carbocycles. The number of aromatic carboxylic acids is 1. The third-order valence-electron chi connectivity index (χ3n) is 6.38. The molecule has 0 radical (unpaired) electrons. The Balaban J connectivity index is 1.55. The number of hydrogen-bond acceptors (Lipinski definition) is 5. The first-order chi connectivity index (χ1) is 20.1. The summed E-state index contributed by atoms with van der Waals surface area (Å²) in [6.07, 6.45) is 0. The van der Waals surface area contributed by atoms with Gasteiger partial charge in [-0.05, 0) is 41.0 Å². The van der Waals surface area contributed by atoms with Gasteiger partial charge in [-0.2, -0.15) is 0 Å². The third-order valence-corrected chi connectivity index (χ3v) is 6.38. The van der Waals surface area contributed by atoms with E-state index in [9.17, 15) is 14.7 Å². The molecule has 0 amide bonds. The zero-order valence-electron chi connectivity index (χ0n) is 22.2. The molecule has 0 aliphatic rings. The van der Waals surface area contributed by atoms with Crippen LogP contribution in [0.5, 0.6) is 17.2 Å². The van der Waals surface area contributed by atoms with Crippen LogP contribution in [0.15, 0.2) is 127 Å². The van der Waals surface area contributed by atoms with E-state index in [1.54, 1.807) is 24.3 Å². The first-order valence-corrected chi connectivity index (χ1v) is 13.1. The van der Waals surface area contributed by atoms with Gasteiger partial charge in [0, 0.05) is 0 Å². The Morgan fingerprint density at radius 3 is 1.34 bits per heavy atom. The minimum absolute atomic E-state index is 0.0544. The molecule has 5 rings (SSSR count). The van der Waals surface area contributed by atoms with Gasteiger partial charge in [0.2, 0.25) is 5.78 Å². The molecule has 0 aliphatic heterocycles. The third kappa shape index (κ3) is 6.99. The lowest BCUT2D eigenvalue weighted by Crippen LogP contribution is -2.12. The molecule has 5 aromatic rings. The van der Waals surface area contributed by atoms with Gasteiger partial charge in [0.05, 0.1) is 11.1 Å². The van der Waals surface area contributed by atoms with Gasteiger partial charge in [-0.3, -0.25) is 4.79 Å². The molecule has 6 nitrogen and oxygen atoms in total. The largest absolute Gasteiger partial charge is 0.488 e. The quantitative estimate of drug-likeness (QED) is 0.165. The smallest absolute Gasteiger partial charge is 0.335 e. The van der Waals surface area contributed by atoms with Crippen molar-refractivity contribution >= 4 is 11.8 Å². The second-order valence-electron chi connectivity index (χ2n) is 9.30. The summed E-state index contributed by atoms with van der Waals surface area (Å²) < 4.78 is 18.3. The van der Waals surface area contributed by atoms with Gasteiger partial charge in [0.25, 0.3) is 0 Å². The fourth-order valence-electron chi connectivity index (χ4n) is 4.29. The topological polar surface area (TPSA) is 82.1 Å². The van der Waals surface area contributed by atoms with E-state index >= 15 is 0 Å². The summed E-state index contributed by atoms with van der Waals surface area (Å²) >= 11 is 0. The van der Waals surface area contributed by atoms with Crippen molar-refractivity contribution in [3.63, 3.8) is 0 Å². The molecule has 5 aromatic carbocycles. The summed E-state index contributed by atoms with van der Waals surface area (Å²) in [6.45, 7) is 0.542. The predicted molar refractivity (Wildman–Crippen MR) is 156 cm³/mol. The standard InChI is InChI=1S/C35H28O6/c36-34(29-18-10-11-19-30(29)39-22-25-12-4-1-5-13-25)33-31(40-23-26-14-6-2-7-15-26)20-28(35(37)38)21-32(33)41-24-27-16-8-3-9-17-27/h1-21H,22-24H2,(H,37,38). The summed E-state index contributed by atoms with van der Waals surface area (Å²) in [4.78, 5) is 26.3. The number of carboxylic acid groups (broad SMARTS) is 1. The van der Waals surface area contributed by atoms with Crippen molar-refractivity contribution in [1.29, 1.82) is 0 Å². The van der Waals surface area contributed by atoms with E-state index in [-0.39, 0.29) is 42.4 Å². The van der Waals surface area contributed by atoms with E-state index in [4.69, 9.17) is 14.2 Å². The number of para-hydroxylation sites is 1. The zero-order valence-corrected chi connectivity index (χ0v) is 22.2. The van der Waals surface area contributed by atoms with Crippen LogP contribution in [0, 0.1) is 0 Å². The normalized spacial score (nSPS) is 10.5. The number of rotatable bonds is 12. The summed E-state index contributed by atoms with van der Waals surface area (Å²) in [6, 6.07) is 38.2. The maximum atomic E-state index is 14.2. The van der Waals surface area contributed by atoms with Gasteiger partial charge in [-0.1, -0.05) is 103 Å². The lowest BCUT2D eigenvalue weighted by molar-refractivity contribution is 0.0695. The minimum Gasteiger partial charge on any atom is -0.488 e. The van der Waals surface area contributed by atoms with Crippen LogP contribution in [-0.4, -0.2) is 16.9 Å². The van der Waals surface area contributed by atoms with Crippen molar-refractivity contribution in [3.8, 4) is 17.2 Å². The first-order valence-electron chi connectivity index (χ1n) is 13.1. The molecule has 6 heteroatoms. The van der Waals surface area contributed by atoms with Crippen molar-refractivity contribution in [2.75, 3.05) is 0 Å². The molecule has 0 unspecified atom stereocenters. The molecule has 0 atom stereocenters. The van der Waals surface area contributed by atoms with Crippen molar-refractivity contribution in [2.24, 2.45) is 0 Å². The SMILES string of the molecule is O=C(O)c1cc(OCc2ccccc2)c(C(=O)c2ccccc2OCc2ccccc2)c(OCc2ccccc2)c1. The van der Waals surface area contributed by atoms with Gasteiger partial charge >= 0.3 is 5.97 Å². The number of carbonyl (C=O) groups is 2. The monoisotopic (exact) mass is 544 g/mol. The first kappa shape index (κ1) is 27.2. The molecule has 0 aromatic heterocycles. The maximum absolute atomic E-state index is 14.2. The lowest BCUT2D eigenvalue weighted by Gasteiger charge is -2.18. The molecule has 41 heavy (non-hydrogen) atoms. The Labute approximate surface area is 238 Å². The summed E-state index contributed by atoms with van der Waals surface area (Å²) in [5.74, 6) is -0.951. The molecular formula is C35H28O6. The van der Waals surface area contributed by atoms with Crippen LogP contribution in [0.3, 0.4) is 0 Å². The number of benzene rings is 5. The van der Waals surface area contributed by atoms with Gasteiger partial charge in [-0.25, -0.2) is 4.79 Å². The van der Waals surface area contributed by atoms with Gasteiger partial charge in [0.15, 0.2) is 0 Å². The highest BCUT2D eigenvalue weighted by molar-refractivity contribution is 6.14. The van der Waals surface area contributed by atoms with Crippen molar-refractivity contribution in [2.45, 2.75) is 19.8 Å². The van der Waals surface area contributed by atoms with Crippen LogP contribution in [0.2, 0.25) is 0 Å². The number of carbonyl (C=O) groups excluding carboxylic acids is 1. The van der Waals surface area contributed by atoms with E-state index in [2.05, 4.69) is 0 Å². The van der Waals surface area contributed by atoms with Crippen LogP contribution in [0.25, 0.3) is 0 Å². The van der Waals surface area contributed by atoms with E-state index in [1.807, 2.05) is 91.0 Å². The second kappa shape index (κ2) is 13.1. The van der Waals surface area contributed by atoms with Crippen LogP contribution in [0.4, 0.5) is 0 Å². The van der Waals surface area contributed by atoms with Crippen molar-refractivity contribution < 1.29 is 28.9 Å². The molecule has 0 saturated heterocycles.